The van der Waals surface area contributed by atoms with Crippen LogP contribution in [0.1, 0.15) is 36.6 Å². The van der Waals surface area contributed by atoms with E-state index in [9.17, 15) is 0 Å². The molecule has 0 aliphatic carbocycles. The van der Waals surface area contributed by atoms with Gasteiger partial charge in [0.05, 0.1) is 6.33 Å². The summed E-state index contributed by atoms with van der Waals surface area (Å²) in [6, 6.07) is 17.0. The van der Waals surface area contributed by atoms with Crippen molar-refractivity contribution in [1.82, 2.24) is 19.5 Å². The van der Waals surface area contributed by atoms with Gasteiger partial charge >= 0.3 is 0 Å². The summed E-state index contributed by atoms with van der Waals surface area (Å²) < 4.78 is 2.09. The van der Waals surface area contributed by atoms with Crippen LogP contribution in [0.5, 0.6) is 0 Å². The number of anilines is 1. The number of hydrogen-bond acceptors (Lipinski definition) is 4. The summed E-state index contributed by atoms with van der Waals surface area (Å²) in [6.07, 6.45) is 1.85. The van der Waals surface area contributed by atoms with Gasteiger partial charge in [-0.1, -0.05) is 54.1 Å². The Balaban J connectivity index is 1.79. The molecule has 4 aromatic rings. The summed E-state index contributed by atoms with van der Waals surface area (Å²) in [5.74, 6) is 1.49. The van der Waals surface area contributed by atoms with Crippen molar-refractivity contribution in [1.29, 1.82) is 0 Å². The molecule has 2 heterocycles. The topological polar surface area (TPSA) is 55.6 Å². The number of nitrogens with one attached hydrogen (secondary N) is 1. The minimum Gasteiger partial charge on any atom is -0.364 e. The van der Waals surface area contributed by atoms with Crippen molar-refractivity contribution in [3.05, 3.63) is 71.5 Å². The van der Waals surface area contributed by atoms with E-state index >= 15 is 0 Å². The maximum atomic E-state index is 4.86. The number of aromatic nitrogens is 4. The maximum absolute atomic E-state index is 4.86. The Morgan fingerprint density at radius 2 is 1.71 bits per heavy atom. The maximum Gasteiger partial charge on any atom is 0.166 e. The molecular formula is C23H25N5. The number of fused-ring (bicyclic) bond motifs is 1. The fourth-order valence-electron chi connectivity index (χ4n) is 3.25. The molecule has 5 nitrogen and oxygen atoms in total. The van der Waals surface area contributed by atoms with Gasteiger partial charge in [-0.05, 0) is 38.8 Å². The molecule has 0 unspecified atom stereocenters. The Hall–Kier alpha value is -3.21. The van der Waals surface area contributed by atoms with E-state index in [0.29, 0.717) is 6.54 Å². The Morgan fingerprint density at radius 1 is 0.964 bits per heavy atom. The SMILES string of the molecule is Cc1ccc(CNc2nc(-c3ccccc3C)nc3c2ncn3C(C)C)cc1. The van der Waals surface area contributed by atoms with Crippen LogP contribution in [0.15, 0.2) is 54.9 Å². The summed E-state index contributed by atoms with van der Waals surface area (Å²) in [6.45, 7) is 9.14. The van der Waals surface area contributed by atoms with E-state index in [1.165, 1.54) is 11.1 Å². The lowest BCUT2D eigenvalue weighted by Gasteiger charge is -2.12. The van der Waals surface area contributed by atoms with Crippen LogP contribution >= 0.6 is 0 Å². The highest BCUT2D eigenvalue weighted by Gasteiger charge is 2.16. The molecule has 0 spiro atoms. The van der Waals surface area contributed by atoms with E-state index in [1.807, 2.05) is 18.5 Å². The van der Waals surface area contributed by atoms with Gasteiger partial charge in [0.15, 0.2) is 17.3 Å². The summed E-state index contributed by atoms with van der Waals surface area (Å²) in [4.78, 5) is 14.3. The van der Waals surface area contributed by atoms with Crippen LogP contribution in [0.25, 0.3) is 22.6 Å². The van der Waals surface area contributed by atoms with Crippen molar-refractivity contribution in [3.8, 4) is 11.4 Å². The second kappa shape index (κ2) is 7.43. The Bertz CT molecular complexity index is 1110. The number of imidazole rings is 1. The molecule has 4 rings (SSSR count). The van der Waals surface area contributed by atoms with Gasteiger partial charge in [-0.25, -0.2) is 15.0 Å². The molecule has 2 aromatic heterocycles. The fraction of sp³-hybridized carbons (Fsp3) is 0.261. The van der Waals surface area contributed by atoms with Gasteiger partial charge in [-0.15, -0.1) is 0 Å². The minimum atomic E-state index is 0.273. The van der Waals surface area contributed by atoms with Crippen LogP contribution in [-0.2, 0) is 6.54 Å². The Morgan fingerprint density at radius 3 is 2.43 bits per heavy atom. The van der Waals surface area contributed by atoms with Crippen LogP contribution in [0.3, 0.4) is 0 Å². The van der Waals surface area contributed by atoms with Crippen molar-refractivity contribution in [2.45, 2.75) is 40.3 Å². The van der Waals surface area contributed by atoms with Gasteiger partial charge in [-0.2, -0.15) is 0 Å². The molecule has 2 aromatic carbocycles. The van der Waals surface area contributed by atoms with E-state index < -0.39 is 0 Å². The third kappa shape index (κ3) is 3.48. The van der Waals surface area contributed by atoms with Crippen molar-refractivity contribution < 1.29 is 0 Å². The second-order valence-electron chi connectivity index (χ2n) is 7.47. The zero-order valence-electron chi connectivity index (χ0n) is 16.8. The number of benzene rings is 2. The fourth-order valence-corrected chi connectivity index (χ4v) is 3.25. The van der Waals surface area contributed by atoms with Crippen LogP contribution < -0.4 is 5.32 Å². The van der Waals surface area contributed by atoms with Crippen molar-refractivity contribution in [2.24, 2.45) is 0 Å². The van der Waals surface area contributed by atoms with E-state index in [4.69, 9.17) is 9.97 Å². The molecule has 0 saturated heterocycles. The molecule has 0 fully saturated rings. The lowest BCUT2D eigenvalue weighted by atomic mass is 10.1. The largest absolute Gasteiger partial charge is 0.364 e. The van der Waals surface area contributed by atoms with Gasteiger partial charge in [0.25, 0.3) is 0 Å². The number of hydrogen-bond donors (Lipinski definition) is 1. The summed E-state index contributed by atoms with van der Waals surface area (Å²) >= 11 is 0. The molecule has 142 valence electrons. The lowest BCUT2D eigenvalue weighted by Crippen LogP contribution is -2.06. The van der Waals surface area contributed by atoms with Gasteiger partial charge in [0.1, 0.15) is 5.52 Å². The number of nitrogens with zero attached hydrogens (tertiary/aromatic N) is 4. The zero-order valence-corrected chi connectivity index (χ0v) is 16.8. The molecule has 0 aliphatic rings. The molecule has 0 aliphatic heterocycles. The first-order valence-corrected chi connectivity index (χ1v) is 9.63. The van der Waals surface area contributed by atoms with Gasteiger partial charge in [0.2, 0.25) is 0 Å². The first-order valence-electron chi connectivity index (χ1n) is 9.63. The van der Waals surface area contributed by atoms with E-state index in [0.717, 1.165) is 33.9 Å². The van der Waals surface area contributed by atoms with Gasteiger partial charge in [-0.3, -0.25) is 0 Å². The average Bonchev–Trinajstić information content (AvgIpc) is 3.12. The van der Waals surface area contributed by atoms with Crippen LogP contribution in [-0.4, -0.2) is 19.5 Å². The summed E-state index contributed by atoms with van der Waals surface area (Å²) in [5.41, 5.74) is 6.32. The smallest absolute Gasteiger partial charge is 0.166 e. The number of rotatable bonds is 5. The Kier molecular flexibility index (Phi) is 4.82. The van der Waals surface area contributed by atoms with E-state index in [-0.39, 0.29) is 6.04 Å². The van der Waals surface area contributed by atoms with Crippen molar-refractivity contribution in [3.63, 3.8) is 0 Å². The highest BCUT2D eigenvalue weighted by Crippen LogP contribution is 2.27. The quantitative estimate of drug-likeness (QED) is 0.517. The van der Waals surface area contributed by atoms with E-state index in [2.05, 4.69) is 79.0 Å². The zero-order chi connectivity index (χ0) is 19.7. The molecule has 28 heavy (non-hydrogen) atoms. The lowest BCUT2D eigenvalue weighted by molar-refractivity contribution is 0.613. The molecule has 0 radical (unpaired) electrons. The molecule has 5 heteroatoms. The predicted molar refractivity (Wildman–Crippen MR) is 114 cm³/mol. The third-order valence-corrected chi connectivity index (χ3v) is 4.94. The molecule has 0 saturated carbocycles. The average molecular weight is 371 g/mol. The van der Waals surface area contributed by atoms with Crippen LogP contribution in [0.2, 0.25) is 0 Å². The highest BCUT2D eigenvalue weighted by molar-refractivity contribution is 5.85. The van der Waals surface area contributed by atoms with Crippen LogP contribution in [0.4, 0.5) is 5.82 Å². The number of aryl methyl sites for hydroxylation is 2. The highest BCUT2D eigenvalue weighted by atomic mass is 15.2. The summed E-state index contributed by atoms with van der Waals surface area (Å²) in [5, 5.41) is 3.48. The normalized spacial score (nSPS) is 11.3. The van der Waals surface area contributed by atoms with E-state index in [1.54, 1.807) is 0 Å². The first kappa shape index (κ1) is 18.2. The molecule has 0 atom stereocenters. The van der Waals surface area contributed by atoms with Crippen molar-refractivity contribution >= 4 is 17.0 Å². The predicted octanol–water partition coefficient (Wildman–Crippen LogP) is 5.30. The standard InChI is InChI=1S/C23H25N5/c1-15(2)28-14-25-20-22(24-13-18-11-9-16(3)10-12-18)26-21(27-23(20)28)19-8-6-5-7-17(19)4/h5-12,14-15H,13H2,1-4H3,(H,24,26,27). The molecule has 0 bridgehead atoms. The summed E-state index contributed by atoms with van der Waals surface area (Å²) in [7, 11) is 0. The second-order valence-corrected chi connectivity index (χ2v) is 7.47. The first-order chi connectivity index (χ1) is 13.5. The molecular weight excluding hydrogens is 346 g/mol. The van der Waals surface area contributed by atoms with Crippen LogP contribution in [0, 0.1) is 13.8 Å². The van der Waals surface area contributed by atoms with Gasteiger partial charge < -0.3 is 9.88 Å². The Labute approximate surface area is 165 Å². The molecule has 1 N–H and O–H groups in total. The third-order valence-electron chi connectivity index (χ3n) is 4.94. The minimum absolute atomic E-state index is 0.273. The van der Waals surface area contributed by atoms with Gasteiger partial charge in [0, 0.05) is 18.2 Å². The van der Waals surface area contributed by atoms with Crippen molar-refractivity contribution in [2.75, 3.05) is 5.32 Å². The monoisotopic (exact) mass is 371 g/mol. The molecule has 0 amide bonds.